The third-order valence-electron chi connectivity index (χ3n) is 2.72. The molecule has 0 unspecified atom stereocenters. The molecule has 0 bridgehead atoms. The first-order valence-electron chi connectivity index (χ1n) is 4.96. The molecule has 0 aliphatic carbocycles. The maximum absolute atomic E-state index is 13.7. The van der Waals surface area contributed by atoms with Crippen LogP contribution in [0.25, 0.3) is 0 Å². The molecule has 0 spiro atoms. The Hall–Kier alpha value is 0.224. The van der Waals surface area contributed by atoms with Crippen LogP contribution in [0.5, 0.6) is 0 Å². The molecule has 0 N–H and O–H groups in total. The summed E-state index contributed by atoms with van der Waals surface area (Å²) in [7, 11) is -6.79. The molecule has 0 rings (SSSR count). The molecule has 0 radical (unpaired) electrons. The van der Waals surface area contributed by atoms with E-state index < -0.39 is 17.1 Å². The fourth-order valence-corrected chi connectivity index (χ4v) is 6.00. The molecule has 0 saturated carbocycles. The molecule has 0 heterocycles. The predicted molar refractivity (Wildman–Crippen MR) is 55.9 cm³/mol. The molecular formula is C8H19F3Si2. The maximum Gasteiger partial charge on any atom is 0.424 e. The third kappa shape index (κ3) is 4.85. The third-order valence-corrected chi connectivity index (χ3v) is 8.92. The van der Waals surface area contributed by atoms with Gasteiger partial charge in [-0.15, -0.1) is 0 Å². The summed E-state index contributed by atoms with van der Waals surface area (Å²) < 4.78 is 39.6. The minimum absolute atomic E-state index is 0.0368. The molecule has 0 nitrogen and oxygen atoms in total. The van der Waals surface area contributed by atoms with Crippen molar-refractivity contribution in [1.82, 2.24) is 0 Å². The van der Waals surface area contributed by atoms with Gasteiger partial charge in [-0.05, 0) is 30.2 Å². The number of hydrogen-bond donors (Lipinski definition) is 0. The first-order chi connectivity index (χ1) is 5.89. The van der Waals surface area contributed by atoms with Crippen molar-refractivity contribution in [2.45, 2.75) is 51.0 Å². The van der Waals surface area contributed by atoms with E-state index in [4.69, 9.17) is 0 Å². The average molecular weight is 228 g/mol. The van der Waals surface area contributed by atoms with E-state index in [1.54, 1.807) is 13.8 Å². The van der Waals surface area contributed by atoms with Crippen LogP contribution in [-0.4, -0.2) is 17.1 Å². The lowest BCUT2D eigenvalue weighted by atomic mass is 10.9. The molecule has 0 aliphatic rings. The van der Waals surface area contributed by atoms with E-state index in [0.717, 1.165) is 0 Å². The lowest BCUT2D eigenvalue weighted by molar-refractivity contribution is 0.590. The van der Waals surface area contributed by atoms with Crippen LogP contribution in [0, 0.1) is 0 Å². The van der Waals surface area contributed by atoms with Crippen LogP contribution in [0.4, 0.5) is 12.3 Å². The van der Waals surface area contributed by atoms with Gasteiger partial charge in [0.15, 0.2) is 0 Å². The number of hydrogen-bond acceptors (Lipinski definition) is 0. The summed E-state index contributed by atoms with van der Waals surface area (Å²) in [4.78, 5) is 0. The van der Waals surface area contributed by atoms with E-state index in [2.05, 4.69) is 0 Å². The van der Waals surface area contributed by atoms with Gasteiger partial charge in [-0.3, -0.25) is 8.22 Å². The first-order valence-corrected chi connectivity index (χ1v) is 9.63. The minimum atomic E-state index is -4.02. The minimum Gasteiger partial charge on any atom is -0.314 e. The van der Waals surface area contributed by atoms with Gasteiger partial charge in [0.1, 0.15) is 0 Å². The van der Waals surface area contributed by atoms with Gasteiger partial charge in [-0.25, -0.2) is 0 Å². The van der Waals surface area contributed by atoms with Crippen LogP contribution in [-0.2, 0) is 0 Å². The maximum atomic E-state index is 13.7. The first kappa shape index (κ1) is 13.2. The molecule has 0 saturated heterocycles. The molecule has 13 heavy (non-hydrogen) atoms. The molecule has 0 aromatic heterocycles. The Bertz CT molecular complexity index is 146. The summed E-state index contributed by atoms with van der Waals surface area (Å²) in [5.74, 6) is 0. The Morgan fingerprint density at radius 1 is 0.769 bits per heavy atom. The second kappa shape index (κ2) is 5.19. The van der Waals surface area contributed by atoms with Crippen LogP contribution >= 0.6 is 0 Å². The second-order valence-corrected chi connectivity index (χ2v) is 10.7. The lowest BCUT2D eigenvalue weighted by Gasteiger charge is -2.20. The topological polar surface area (TPSA) is 0 Å². The van der Waals surface area contributed by atoms with E-state index in [9.17, 15) is 12.3 Å². The highest BCUT2D eigenvalue weighted by atomic mass is 28.4. The Morgan fingerprint density at radius 2 is 1.23 bits per heavy atom. The van der Waals surface area contributed by atoms with Crippen molar-refractivity contribution in [2.75, 3.05) is 0 Å². The highest BCUT2D eigenvalue weighted by Gasteiger charge is 2.38. The molecule has 5 heteroatoms. The van der Waals surface area contributed by atoms with Crippen LogP contribution in [0.15, 0.2) is 0 Å². The lowest BCUT2D eigenvalue weighted by Crippen LogP contribution is -2.30. The van der Waals surface area contributed by atoms with Gasteiger partial charge >= 0.3 is 8.74 Å². The predicted octanol–water partition coefficient (Wildman–Crippen LogP) is 4.34. The molecule has 0 fully saturated rings. The van der Waals surface area contributed by atoms with Gasteiger partial charge in [0.05, 0.1) is 0 Å². The average Bonchev–Trinajstić information content (AvgIpc) is 2.14. The quantitative estimate of drug-likeness (QED) is 0.468. The highest BCUT2D eigenvalue weighted by Crippen LogP contribution is 2.30. The molecular weight excluding hydrogens is 209 g/mol. The van der Waals surface area contributed by atoms with Crippen molar-refractivity contribution in [3.63, 3.8) is 0 Å². The Labute approximate surface area is 81.1 Å². The molecule has 80 valence electrons. The largest absolute Gasteiger partial charge is 0.424 e. The van der Waals surface area contributed by atoms with Gasteiger partial charge in [0.2, 0.25) is 8.41 Å². The monoisotopic (exact) mass is 228 g/mol. The Balaban J connectivity index is 3.99. The van der Waals surface area contributed by atoms with E-state index in [0.29, 0.717) is 12.1 Å². The summed E-state index contributed by atoms with van der Waals surface area (Å²) in [6.45, 7) is 5.06. The van der Waals surface area contributed by atoms with Crippen molar-refractivity contribution in [3.05, 3.63) is 0 Å². The van der Waals surface area contributed by atoms with Crippen LogP contribution < -0.4 is 0 Å². The fourth-order valence-electron chi connectivity index (χ4n) is 1.19. The summed E-state index contributed by atoms with van der Waals surface area (Å²) in [5, 5.41) is 0. The SMILES string of the molecule is CC[Si](F)(F)CC[Si](F)(CC)CC. The second-order valence-electron chi connectivity index (χ2n) is 3.57. The van der Waals surface area contributed by atoms with E-state index in [-0.39, 0.29) is 18.1 Å². The molecule has 0 atom stereocenters. The van der Waals surface area contributed by atoms with E-state index in [1.165, 1.54) is 6.92 Å². The highest BCUT2D eigenvalue weighted by molar-refractivity contribution is 6.76. The van der Waals surface area contributed by atoms with Gasteiger partial charge in [0, 0.05) is 0 Å². The zero-order chi connectivity index (χ0) is 10.5. The normalized spacial score (nSPS) is 13.4. The smallest absolute Gasteiger partial charge is 0.314 e. The summed E-state index contributed by atoms with van der Waals surface area (Å²) in [6.07, 6.45) is 0. The zero-order valence-corrected chi connectivity index (χ0v) is 10.7. The molecule has 0 amide bonds. The van der Waals surface area contributed by atoms with Gasteiger partial charge in [0.25, 0.3) is 0 Å². The Morgan fingerprint density at radius 3 is 1.54 bits per heavy atom. The zero-order valence-electron chi connectivity index (χ0n) is 8.67. The number of rotatable bonds is 6. The molecule has 0 aromatic rings. The summed E-state index contributed by atoms with van der Waals surface area (Å²) in [5.41, 5.74) is 0. The van der Waals surface area contributed by atoms with Crippen LogP contribution in [0.1, 0.15) is 20.8 Å². The fraction of sp³-hybridized carbons (Fsp3) is 1.00. The van der Waals surface area contributed by atoms with Gasteiger partial charge < -0.3 is 4.11 Å². The van der Waals surface area contributed by atoms with Gasteiger partial charge in [-0.1, -0.05) is 20.8 Å². The van der Waals surface area contributed by atoms with Crippen molar-refractivity contribution in [1.29, 1.82) is 0 Å². The van der Waals surface area contributed by atoms with Crippen molar-refractivity contribution in [2.24, 2.45) is 0 Å². The van der Waals surface area contributed by atoms with Crippen molar-refractivity contribution in [3.8, 4) is 0 Å². The number of halogens is 3. The van der Waals surface area contributed by atoms with Crippen molar-refractivity contribution < 1.29 is 12.3 Å². The van der Waals surface area contributed by atoms with E-state index >= 15 is 0 Å². The Kier molecular flexibility index (Phi) is 5.28. The van der Waals surface area contributed by atoms with Crippen LogP contribution in [0.2, 0.25) is 30.2 Å². The summed E-state index contributed by atoms with van der Waals surface area (Å²) in [6, 6.07) is 0.973. The standard InChI is InChI=1S/C8H19F3Si2/c1-4-12(9,5-2)7-8-13(10,11)6-3/h4-8H2,1-3H3. The van der Waals surface area contributed by atoms with E-state index in [1.807, 2.05) is 0 Å². The molecule has 0 aliphatic heterocycles. The van der Waals surface area contributed by atoms with Gasteiger partial charge in [-0.2, -0.15) is 0 Å². The summed E-state index contributed by atoms with van der Waals surface area (Å²) >= 11 is 0. The van der Waals surface area contributed by atoms with Crippen LogP contribution in [0.3, 0.4) is 0 Å². The molecule has 0 aromatic carbocycles. The van der Waals surface area contributed by atoms with Crippen molar-refractivity contribution >= 4 is 17.1 Å².